The summed E-state index contributed by atoms with van der Waals surface area (Å²) in [6.45, 7) is 4.01. The maximum Gasteiger partial charge on any atom is 0.263 e. The van der Waals surface area contributed by atoms with E-state index in [9.17, 15) is 4.79 Å². The molecule has 27 heavy (non-hydrogen) atoms. The van der Waals surface area contributed by atoms with Crippen molar-refractivity contribution in [3.8, 4) is 17.3 Å². The summed E-state index contributed by atoms with van der Waals surface area (Å²) in [5.41, 5.74) is 5.40. The lowest BCUT2D eigenvalue weighted by Crippen LogP contribution is -2.37. The van der Waals surface area contributed by atoms with Crippen molar-refractivity contribution in [2.24, 2.45) is 0 Å². The van der Waals surface area contributed by atoms with Crippen LogP contribution in [-0.4, -0.2) is 65.6 Å². The van der Waals surface area contributed by atoms with E-state index in [2.05, 4.69) is 24.8 Å². The summed E-state index contributed by atoms with van der Waals surface area (Å²) in [6.07, 6.45) is 3.01. The van der Waals surface area contributed by atoms with Gasteiger partial charge >= 0.3 is 0 Å². The molecule has 0 spiro atoms. The highest BCUT2D eigenvalue weighted by Crippen LogP contribution is 2.25. The normalized spacial score (nSPS) is 18.4. The summed E-state index contributed by atoms with van der Waals surface area (Å²) in [6, 6.07) is 1.81. The van der Waals surface area contributed by atoms with Crippen LogP contribution in [0.15, 0.2) is 17.1 Å². The van der Waals surface area contributed by atoms with Crippen molar-refractivity contribution >= 4 is 11.8 Å². The van der Waals surface area contributed by atoms with Gasteiger partial charge in [0.05, 0.1) is 26.4 Å². The van der Waals surface area contributed by atoms with Gasteiger partial charge in [0.2, 0.25) is 5.88 Å². The van der Waals surface area contributed by atoms with E-state index in [0.717, 1.165) is 12.8 Å². The lowest BCUT2D eigenvalue weighted by atomic mass is 10.1. The van der Waals surface area contributed by atoms with E-state index in [1.54, 1.807) is 0 Å². The third kappa shape index (κ3) is 4.17. The van der Waals surface area contributed by atoms with Crippen LogP contribution in [0.1, 0.15) is 12.8 Å². The summed E-state index contributed by atoms with van der Waals surface area (Å²) < 4.78 is 16.9. The van der Waals surface area contributed by atoms with E-state index in [0.29, 0.717) is 51.2 Å². The third-order valence-corrected chi connectivity index (χ3v) is 4.54. The first-order valence-corrected chi connectivity index (χ1v) is 9.00. The van der Waals surface area contributed by atoms with Crippen molar-refractivity contribution < 1.29 is 14.2 Å². The molecule has 0 amide bonds. The summed E-state index contributed by atoms with van der Waals surface area (Å²) in [5.74, 6) is 1.44. The second-order valence-corrected chi connectivity index (χ2v) is 6.43. The van der Waals surface area contributed by atoms with E-state index in [1.165, 1.54) is 6.20 Å². The number of nitrogen functional groups attached to an aromatic ring is 1. The monoisotopic (exact) mass is 374 g/mol. The Morgan fingerprint density at radius 3 is 2.63 bits per heavy atom. The summed E-state index contributed by atoms with van der Waals surface area (Å²) >= 11 is 0. The second-order valence-electron chi connectivity index (χ2n) is 6.43. The number of nitrogens with zero attached hydrogens (tertiary/aromatic N) is 4. The number of aromatic nitrogens is 4. The predicted molar refractivity (Wildman–Crippen MR) is 97.8 cm³/mol. The van der Waals surface area contributed by atoms with Gasteiger partial charge in [0, 0.05) is 38.2 Å². The zero-order valence-corrected chi connectivity index (χ0v) is 14.9. The molecule has 2 aliphatic rings. The number of rotatable bonds is 4. The Morgan fingerprint density at radius 2 is 1.89 bits per heavy atom. The van der Waals surface area contributed by atoms with Gasteiger partial charge in [-0.2, -0.15) is 4.98 Å². The minimum atomic E-state index is -0.390. The molecule has 3 N–H and O–H groups in total. The Bertz CT molecular complexity index is 846. The van der Waals surface area contributed by atoms with Crippen molar-refractivity contribution in [3.05, 3.63) is 22.6 Å². The number of hydrogen-bond donors (Lipinski definition) is 2. The van der Waals surface area contributed by atoms with Crippen molar-refractivity contribution in [1.29, 1.82) is 0 Å². The van der Waals surface area contributed by atoms with Crippen LogP contribution in [0.4, 0.5) is 11.8 Å². The Labute approximate surface area is 155 Å². The van der Waals surface area contributed by atoms with E-state index in [4.69, 9.17) is 19.9 Å². The van der Waals surface area contributed by atoms with Crippen LogP contribution in [0.25, 0.3) is 11.4 Å². The van der Waals surface area contributed by atoms with Gasteiger partial charge in [-0.15, -0.1) is 0 Å². The van der Waals surface area contributed by atoms with Gasteiger partial charge in [-0.3, -0.25) is 9.78 Å². The van der Waals surface area contributed by atoms with Crippen molar-refractivity contribution in [3.63, 3.8) is 0 Å². The van der Waals surface area contributed by atoms with Gasteiger partial charge < -0.3 is 24.8 Å². The molecule has 2 aromatic rings. The summed E-state index contributed by atoms with van der Waals surface area (Å²) in [7, 11) is 0. The smallest absolute Gasteiger partial charge is 0.263 e. The van der Waals surface area contributed by atoms with Gasteiger partial charge in [0.1, 0.15) is 17.5 Å². The molecule has 0 bridgehead atoms. The highest BCUT2D eigenvalue weighted by Gasteiger charge is 2.21. The molecule has 10 heteroatoms. The first-order chi connectivity index (χ1) is 13.2. The molecule has 4 heterocycles. The molecule has 0 unspecified atom stereocenters. The van der Waals surface area contributed by atoms with Gasteiger partial charge in [-0.25, -0.2) is 9.97 Å². The van der Waals surface area contributed by atoms with Crippen LogP contribution < -0.4 is 20.9 Å². The maximum atomic E-state index is 12.3. The minimum Gasteiger partial charge on any atom is -0.474 e. The maximum absolute atomic E-state index is 12.3. The predicted octanol–water partition coefficient (Wildman–Crippen LogP) is 0.203. The fourth-order valence-corrected chi connectivity index (χ4v) is 3.08. The van der Waals surface area contributed by atoms with E-state index < -0.39 is 5.56 Å². The fourth-order valence-electron chi connectivity index (χ4n) is 3.08. The van der Waals surface area contributed by atoms with Crippen LogP contribution in [0, 0.1) is 0 Å². The number of hydrogen-bond acceptors (Lipinski definition) is 9. The van der Waals surface area contributed by atoms with Crippen molar-refractivity contribution in [2.45, 2.75) is 18.9 Å². The second kappa shape index (κ2) is 7.89. The Morgan fingerprint density at radius 1 is 1.15 bits per heavy atom. The number of nitrogens with one attached hydrogen (secondary N) is 1. The van der Waals surface area contributed by atoms with Crippen molar-refractivity contribution in [1.82, 2.24) is 19.9 Å². The number of nitrogens with two attached hydrogens (primary N) is 1. The quantitative estimate of drug-likeness (QED) is 0.771. The number of morpholine rings is 1. The molecule has 144 valence electrons. The first kappa shape index (κ1) is 17.7. The first-order valence-electron chi connectivity index (χ1n) is 9.00. The van der Waals surface area contributed by atoms with Crippen LogP contribution in [-0.2, 0) is 9.47 Å². The minimum absolute atomic E-state index is 0.0295. The van der Waals surface area contributed by atoms with E-state index in [-0.39, 0.29) is 23.4 Å². The standard InChI is InChI=1S/C17H22N6O4/c18-17-19-10-12(16(24)22-17)15-20-13(23-3-7-26-8-4-23)9-14(21-15)27-11-1-5-25-6-2-11/h9-11H,1-8H2,(H3,18,19,22,24). The summed E-state index contributed by atoms with van der Waals surface area (Å²) in [4.78, 5) is 29.8. The Hall–Kier alpha value is -2.72. The molecule has 10 nitrogen and oxygen atoms in total. The molecule has 0 atom stereocenters. The van der Waals surface area contributed by atoms with Gasteiger partial charge in [0.15, 0.2) is 11.8 Å². The number of anilines is 2. The molecule has 4 rings (SSSR count). The highest BCUT2D eigenvalue weighted by molar-refractivity contribution is 5.57. The molecule has 2 fully saturated rings. The van der Waals surface area contributed by atoms with Gasteiger partial charge in [-0.05, 0) is 0 Å². The highest BCUT2D eigenvalue weighted by atomic mass is 16.5. The molecule has 0 radical (unpaired) electrons. The molecule has 0 aromatic carbocycles. The molecule has 2 aliphatic heterocycles. The van der Waals surface area contributed by atoms with Gasteiger partial charge in [-0.1, -0.05) is 0 Å². The van der Waals surface area contributed by atoms with Crippen LogP contribution in [0.2, 0.25) is 0 Å². The van der Waals surface area contributed by atoms with Crippen LogP contribution in [0.3, 0.4) is 0 Å². The molecule has 2 aromatic heterocycles. The SMILES string of the molecule is Nc1ncc(-c2nc(OC3CCOCC3)cc(N3CCOCC3)n2)c(=O)[nH]1. The molecule has 2 saturated heterocycles. The zero-order valence-electron chi connectivity index (χ0n) is 14.9. The fraction of sp³-hybridized carbons (Fsp3) is 0.529. The third-order valence-electron chi connectivity index (χ3n) is 4.54. The molecular weight excluding hydrogens is 352 g/mol. The average Bonchev–Trinajstić information content (AvgIpc) is 2.69. The van der Waals surface area contributed by atoms with Crippen molar-refractivity contribution in [2.75, 3.05) is 50.2 Å². The number of ether oxygens (including phenoxy) is 3. The number of aromatic amines is 1. The Balaban J connectivity index is 1.70. The largest absolute Gasteiger partial charge is 0.474 e. The zero-order chi connectivity index (χ0) is 18.6. The summed E-state index contributed by atoms with van der Waals surface area (Å²) in [5, 5.41) is 0. The number of H-pyrrole nitrogens is 1. The Kier molecular flexibility index (Phi) is 5.16. The molecular formula is C17H22N6O4. The van der Waals surface area contributed by atoms with Gasteiger partial charge in [0.25, 0.3) is 5.56 Å². The van der Waals surface area contributed by atoms with E-state index in [1.807, 2.05) is 6.07 Å². The topological polar surface area (TPSA) is 128 Å². The van der Waals surface area contributed by atoms with Crippen LogP contribution in [0.5, 0.6) is 5.88 Å². The van der Waals surface area contributed by atoms with E-state index >= 15 is 0 Å². The molecule has 0 saturated carbocycles. The lowest BCUT2D eigenvalue weighted by molar-refractivity contribution is 0.0237. The lowest BCUT2D eigenvalue weighted by Gasteiger charge is -2.29. The molecule has 0 aliphatic carbocycles. The average molecular weight is 374 g/mol. The van der Waals surface area contributed by atoms with Crippen LogP contribution >= 0.6 is 0 Å².